The van der Waals surface area contributed by atoms with Crippen molar-refractivity contribution in [2.45, 2.75) is 71.1 Å². The van der Waals surface area contributed by atoms with E-state index in [1.807, 2.05) is 11.8 Å². The van der Waals surface area contributed by atoms with Crippen LogP contribution in [-0.2, 0) is 20.9 Å². The molecule has 168 valence electrons. The monoisotopic (exact) mass is 433 g/mol. The Hall–Kier alpha value is -3.17. The van der Waals surface area contributed by atoms with Crippen molar-refractivity contribution in [2.24, 2.45) is 0 Å². The minimum atomic E-state index is -0.849. The molecule has 0 N–H and O–H groups in total. The Balaban J connectivity index is 1.54. The summed E-state index contributed by atoms with van der Waals surface area (Å²) in [6.45, 7) is 4.51. The molecule has 2 heterocycles. The van der Waals surface area contributed by atoms with Crippen molar-refractivity contribution in [2.75, 3.05) is 6.54 Å². The Bertz CT molecular complexity index is 1030. The van der Waals surface area contributed by atoms with Gasteiger partial charge >= 0.3 is 11.7 Å². The number of carbonyl (C=O) groups is 2. The number of non-ortho nitro benzene ring substituents is 1. The van der Waals surface area contributed by atoms with Crippen molar-refractivity contribution in [1.82, 2.24) is 9.47 Å². The molecule has 2 unspecified atom stereocenters. The minimum Gasteiger partial charge on any atom is -0.453 e. The zero-order chi connectivity index (χ0) is 22.5. The van der Waals surface area contributed by atoms with Crippen molar-refractivity contribution in [1.29, 1.82) is 0 Å². The average Bonchev–Trinajstić information content (AvgIpc) is 3.07. The lowest BCUT2D eigenvalue weighted by Gasteiger charge is -2.36. The number of hydrogen-bond acceptors (Lipinski definition) is 7. The van der Waals surface area contributed by atoms with Crippen molar-refractivity contribution >= 4 is 28.7 Å². The first-order valence-corrected chi connectivity index (χ1v) is 10.6. The fourth-order valence-electron chi connectivity index (χ4n) is 4.02. The maximum atomic E-state index is 12.7. The van der Waals surface area contributed by atoms with Gasteiger partial charge in [-0.25, -0.2) is 4.79 Å². The van der Waals surface area contributed by atoms with Crippen LogP contribution >= 0.6 is 0 Å². The summed E-state index contributed by atoms with van der Waals surface area (Å²) >= 11 is 0. The first-order chi connectivity index (χ1) is 14.8. The van der Waals surface area contributed by atoms with E-state index in [2.05, 4.69) is 0 Å². The number of nitrogens with zero attached hydrogens (tertiary/aromatic N) is 3. The molecule has 0 radical (unpaired) electrons. The van der Waals surface area contributed by atoms with E-state index in [1.165, 1.54) is 22.8 Å². The van der Waals surface area contributed by atoms with E-state index < -0.39 is 22.8 Å². The van der Waals surface area contributed by atoms with Crippen LogP contribution in [0.15, 0.2) is 27.4 Å². The Morgan fingerprint density at radius 3 is 2.84 bits per heavy atom. The molecule has 0 saturated carbocycles. The number of piperidine rings is 1. The number of ether oxygens (including phenoxy) is 1. The highest BCUT2D eigenvalue weighted by molar-refractivity contribution is 5.83. The molecule has 0 aliphatic carbocycles. The van der Waals surface area contributed by atoms with Gasteiger partial charge in [0.05, 0.1) is 16.5 Å². The van der Waals surface area contributed by atoms with Crippen molar-refractivity contribution in [3.8, 4) is 0 Å². The predicted molar refractivity (Wildman–Crippen MR) is 112 cm³/mol. The Labute approximate surface area is 178 Å². The smallest absolute Gasteiger partial charge is 0.419 e. The van der Waals surface area contributed by atoms with E-state index in [0.29, 0.717) is 18.5 Å². The topological polar surface area (TPSA) is 125 Å². The van der Waals surface area contributed by atoms with E-state index in [0.717, 1.165) is 25.7 Å². The van der Waals surface area contributed by atoms with Crippen LogP contribution in [0.2, 0.25) is 0 Å². The first-order valence-electron chi connectivity index (χ1n) is 10.6. The summed E-state index contributed by atoms with van der Waals surface area (Å²) in [5.41, 5.74) is 0.367. The number of aromatic nitrogens is 1. The molecule has 3 rings (SSSR count). The predicted octanol–water partition coefficient (Wildman–Crippen LogP) is 3.01. The number of benzene rings is 1. The molecular formula is C21H27N3O7. The Morgan fingerprint density at radius 2 is 2.13 bits per heavy atom. The number of hydrogen-bond donors (Lipinski definition) is 0. The van der Waals surface area contributed by atoms with Gasteiger partial charge in [-0.15, -0.1) is 0 Å². The SMILES string of the molecule is CCC1CCCCN1C(=O)C(C)OC(=O)CCCn1c(=O)oc2cc([N+](=O)[O-])ccc21. The van der Waals surface area contributed by atoms with Crippen LogP contribution in [0, 0.1) is 10.1 Å². The molecule has 2 atom stereocenters. The maximum Gasteiger partial charge on any atom is 0.419 e. The molecule has 1 fully saturated rings. The number of fused-ring (bicyclic) bond motifs is 1. The number of carbonyl (C=O) groups excluding carboxylic acids is 2. The minimum absolute atomic E-state index is 0.0287. The molecule has 31 heavy (non-hydrogen) atoms. The molecule has 1 saturated heterocycles. The average molecular weight is 433 g/mol. The van der Waals surface area contributed by atoms with Crippen LogP contribution in [-0.4, -0.2) is 45.0 Å². The van der Waals surface area contributed by atoms with Crippen molar-refractivity contribution < 1.29 is 23.7 Å². The largest absolute Gasteiger partial charge is 0.453 e. The standard InChI is InChI=1S/C21H27N3O7/c1-3-15-7-4-5-11-22(15)20(26)14(2)30-19(25)8-6-12-23-17-10-9-16(24(28)29)13-18(17)31-21(23)27/h9-10,13-15H,3-8,11-12H2,1-2H3. The quantitative estimate of drug-likeness (QED) is 0.356. The normalized spacial score (nSPS) is 17.5. The van der Waals surface area contributed by atoms with Crippen LogP contribution in [0.1, 0.15) is 52.4 Å². The molecule has 0 bridgehead atoms. The lowest BCUT2D eigenvalue weighted by molar-refractivity contribution is -0.384. The summed E-state index contributed by atoms with van der Waals surface area (Å²) in [5, 5.41) is 10.9. The van der Waals surface area contributed by atoms with Crippen LogP contribution in [0.5, 0.6) is 0 Å². The number of esters is 1. The number of oxazole rings is 1. The molecule has 0 spiro atoms. The number of aryl methyl sites for hydroxylation is 1. The summed E-state index contributed by atoms with van der Waals surface area (Å²) in [5.74, 6) is -1.33. The molecule has 1 aliphatic heterocycles. The fraction of sp³-hybridized carbons (Fsp3) is 0.571. The third-order valence-electron chi connectivity index (χ3n) is 5.66. The van der Waals surface area contributed by atoms with Crippen LogP contribution in [0.4, 0.5) is 5.69 Å². The van der Waals surface area contributed by atoms with Gasteiger partial charge in [0.15, 0.2) is 11.7 Å². The van der Waals surface area contributed by atoms with E-state index in [4.69, 9.17) is 9.15 Å². The van der Waals surface area contributed by atoms with Gasteiger partial charge in [0, 0.05) is 31.6 Å². The van der Waals surface area contributed by atoms with E-state index in [-0.39, 0.29) is 36.2 Å². The zero-order valence-corrected chi connectivity index (χ0v) is 17.7. The van der Waals surface area contributed by atoms with Gasteiger partial charge in [0.25, 0.3) is 11.6 Å². The molecule has 1 amide bonds. The summed E-state index contributed by atoms with van der Waals surface area (Å²) in [6.07, 6.45) is 3.39. The molecular weight excluding hydrogens is 406 g/mol. The first kappa shape index (κ1) is 22.5. The molecule has 1 aromatic carbocycles. The third-order valence-corrected chi connectivity index (χ3v) is 5.66. The number of nitro benzene ring substituents is 1. The highest BCUT2D eigenvalue weighted by Crippen LogP contribution is 2.22. The summed E-state index contributed by atoms with van der Waals surface area (Å²) in [7, 11) is 0. The van der Waals surface area contributed by atoms with Gasteiger partial charge in [0.2, 0.25) is 0 Å². The Kier molecular flexibility index (Phi) is 7.09. The number of nitro groups is 1. The second kappa shape index (κ2) is 9.76. The highest BCUT2D eigenvalue weighted by Gasteiger charge is 2.30. The Morgan fingerprint density at radius 1 is 1.35 bits per heavy atom. The highest BCUT2D eigenvalue weighted by atomic mass is 16.6. The molecule has 2 aromatic rings. The second-order valence-electron chi connectivity index (χ2n) is 7.75. The summed E-state index contributed by atoms with van der Waals surface area (Å²) < 4.78 is 11.7. The lowest BCUT2D eigenvalue weighted by atomic mass is 9.99. The van der Waals surface area contributed by atoms with Crippen LogP contribution < -0.4 is 5.76 Å². The molecule has 10 nitrogen and oxygen atoms in total. The molecule has 1 aliphatic rings. The third kappa shape index (κ3) is 5.12. The van der Waals surface area contributed by atoms with Gasteiger partial charge in [-0.3, -0.25) is 24.3 Å². The number of rotatable bonds is 8. The maximum absolute atomic E-state index is 12.7. The van der Waals surface area contributed by atoms with Gasteiger partial charge in [-0.05, 0) is 45.1 Å². The van der Waals surface area contributed by atoms with Gasteiger partial charge in [-0.2, -0.15) is 0 Å². The lowest BCUT2D eigenvalue weighted by Crippen LogP contribution is -2.48. The van der Waals surface area contributed by atoms with Gasteiger partial charge < -0.3 is 14.1 Å². The number of amides is 1. The number of likely N-dealkylation sites (tertiary alicyclic amines) is 1. The van der Waals surface area contributed by atoms with Crippen LogP contribution in [0.25, 0.3) is 11.1 Å². The molecule has 1 aromatic heterocycles. The zero-order valence-electron chi connectivity index (χ0n) is 17.7. The fourth-order valence-corrected chi connectivity index (χ4v) is 4.02. The second-order valence-corrected chi connectivity index (χ2v) is 7.75. The van der Waals surface area contributed by atoms with E-state index in [1.54, 1.807) is 6.92 Å². The summed E-state index contributed by atoms with van der Waals surface area (Å²) in [4.78, 5) is 49.0. The van der Waals surface area contributed by atoms with Crippen molar-refractivity contribution in [3.05, 3.63) is 38.9 Å². The molecule has 10 heteroatoms. The van der Waals surface area contributed by atoms with Crippen molar-refractivity contribution in [3.63, 3.8) is 0 Å². The van der Waals surface area contributed by atoms with Gasteiger partial charge in [0.1, 0.15) is 0 Å². The summed E-state index contributed by atoms with van der Waals surface area (Å²) in [6, 6.07) is 4.12. The van der Waals surface area contributed by atoms with Gasteiger partial charge in [-0.1, -0.05) is 6.92 Å². The van der Waals surface area contributed by atoms with Crippen LogP contribution in [0.3, 0.4) is 0 Å². The van der Waals surface area contributed by atoms with E-state index >= 15 is 0 Å². The van der Waals surface area contributed by atoms with E-state index in [9.17, 15) is 24.5 Å².